The topological polar surface area (TPSA) is 78.3 Å². The Labute approximate surface area is 182 Å². The summed E-state index contributed by atoms with van der Waals surface area (Å²) in [7, 11) is 2.17. The van der Waals surface area contributed by atoms with Crippen LogP contribution in [0.25, 0.3) is 16.9 Å². The Kier molecular flexibility index (Phi) is 5.59. The monoisotopic (exact) mass is 420 g/mol. The fourth-order valence-electron chi connectivity index (χ4n) is 4.10. The number of pyridine rings is 1. The van der Waals surface area contributed by atoms with Crippen molar-refractivity contribution in [2.24, 2.45) is 0 Å². The number of nitrogens with zero attached hydrogens (tertiary/aromatic N) is 7. The molecule has 2 aliphatic rings. The number of morpholine rings is 1. The van der Waals surface area contributed by atoms with E-state index in [9.17, 15) is 0 Å². The van der Waals surface area contributed by atoms with Crippen molar-refractivity contribution >= 4 is 16.9 Å². The van der Waals surface area contributed by atoms with Gasteiger partial charge in [0.1, 0.15) is 5.82 Å². The quantitative estimate of drug-likeness (QED) is 0.633. The van der Waals surface area contributed by atoms with Gasteiger partial charge in [0.25, 0.3) is 0 Å². The molecule has 3 aromatic rings. The zero-order valence-electron chi connectivity index (χ0n) is 18.1. The lowest BCUT2D eigenvalue weighted by atomic mass is 10.1. The number of nitrogens with one attached hydrogen (secondary N) is 1. The first-order chi connectivity index (χ1) is 15.2. The lowest BCUT2D eigenvalue weighted by Crippen LogP contribution is -2.44. The first kappa shape index (κ1) is 20.0. The van der Waals surface area contributed by atoms with Gasteiger partial charge in [0.2, 0.25) is 0 Å². The highest BCUT2D eigenvalue weighted by molar-refractivity contribution is 5.85. The number of hydrogen-bond acceptors (Lipinski definition) is 7. The highest BCUT2D eigenvalue weighted by Gasteiger charge is 2.23. The van der Waals surface area contributed by atoms with Crippen LogP contribution in [0, 0.1) is 11.8 Å². The molecule has 0 bridgehead atoms. The summed E-state index contributed by atoms with van der Waals surface area (Å²) >= 11 is 0. The van der Waals surface area contributed by atoms with Crippen LogP contribution in [0.5, 0.6) is 0 Å². The first-order valence-corrected chi connectivity index (χ1v) is 10.8. The van der Waals surface area contributed by atoms with Crippen molar-refractivity contribution in [3.8, 4) is 17.7 Å². The number of hydrogen-bond donors (Lipinski definition) is 1. The van der Waals surface area contributed by atoms with E-state index in [-0.39, 0.29) is 6.04 Å². The molecular formula is C22H28N8O. The molecule has 2 saturated heterocycles. The second-order valence-corrected chi connectivity index (χ2v) is 8.25. The number of rotatable bonds is 3. The standard InChI is InChI=1S/C22H28N8O/c1-17-16-31-13-12-29(17)21-14-18(4-3-7-28-10-8-27(2)9-11-28)19-15-24-30(22(19)25-21)20-5-6-23-26-20/h5-6,14-15,17H,7-13,16H2,1-2H3,(H,23,26)/t17-/m1/s1. The Bertz CT molecular complexity index is 1090. The van der Waals surface area contributed by atoms with E-state index in [0.717, 1.165) is 61.7 Å². The minimum Gasteiger partial charge on any atom is -0.377 e. The van der Waals surface area contributed by atoms with Crippen molar-refractivity contribution in [1.29, 1.82) is 0 Å². The zero-order chi connectivity index (χ0) is 21.2. The van der Waals surface area contributed by atoms with Crippen molar-refractivity contribution in [3.63, 3.8) is 0 Å². The van der Waals surface area contributed by atoms with E-state index in [0.29, 0.717) is 19.0 Å². The number of piperazine rings is 1. The SMILES string of the molecule is C[C@@H]1COCCN1c1cc(C#CCN2CCN(C)CC2)c2cnn(-c3cc[nH]n3)c2n1. The van der Waals surface area contributed by atoms with E-state index in [4.69, 9.17) is 9.72 Å². The van der Waals surface area contributed by atoms with E-state index in [2.05, 4.69) is 61.9 Å². The maximum atomic E-state index is 5.62. The van der Waals surface area contributed by atoms with Gasteiger partial charge in [-0.05, 0) is 20.0 Å². The summed E-state index contributed by atoms with van der Waals surface area (Å²) in [4.78, 5) is 12.0. The molecule has 9 nitrogen and oxygen atoms in total. The molecule has 0 saturated carbocycles. The molecule has 0 amide bonds. The van der Waals surface area contributed by atoms with Crippen LogP contribution in [-0.2, 0) is 4.74 Å². The fourth-order valence-corrected chi connectivity index (χ4v) is 4.10. The van der Waals surface area contributed by atoms with Gasteiger partial charge in [0.05, 0.1) is 37.4 Å². The predicted molar refractivity (Wildman–Crippen MR) is 119 cm³/mol. The van der Waals surface area contributed by atoms with Crippen LogP contribution in [0.2, 0.25) is 0 Å². The molecule has 2 fully saturated rings. The van der Waals surface area contributed by atoms with Crippen LogP contribution in [-0.4, -0.2) is 100 Å². The highest BCUT2D eigenvalue weighted by atomic mass is 16.5. The summed E-state index contributed by atoms with van der Waals surface area (Å²) in [5, 5.41) is 12.6. The average molecular weight is 421 g/mol. The summed E-state index contributed by atoms with van der Waals surface area (Å²) in [6.45, 7) is 9.45. The van der Waals surface area contributed by atoms with Gasteiger partial charge in [-0.1, -0.05) is 11.8 Å². The van der Waals surface area contributed by atoms with Crippen LogP contribution < -0.4 is 4.90 Å². The molecule has 9 heteroatoms. The number of ether oxygens (including phenoxy) is 1. The molecule has 0 spiro atoms. The van der Waals surface area contributed by atoms with Crippen molar-refractivity contribution < 1.29 is 4.74 Å². The van der Waals surface area contributed by atoms with Crippen LogP contribution in [0.1, 0.15) is 12.5 Å². The molecule has 0 radical (unpaired) electrons. The number of likely N-dealkylation sites (N-methyl/N-ethyl adjacent to an activating group) is 1. The third-order valence-corrected chi connectivity index (χ3v) is 6.01. The van der Waals surface area contributed by atoms with Gasteiger partial charge >= 0.3 is 0 Å². The second kappa shape index (κ2) is 8.67. The second-order valence-electron chi connectivity index (χ2n) is 8.25. The normalized spacial score (nSPS) is 20.7. The van der Waals surface area contributed by atoms with Gasteiger partial charge in [0.15, 0.2) is 11.5 Å². The lowest BCUT2D eigenvalue weighted by Gasteiger charge is -2.34. The first-order valence-electron chi connectivity index (χ1n) is 10.8. The Balaban J connectivity index is 1.51. The molecular weight excluding hydrogens is 392 g/mol. The highest BCUT2D eigenvalue weighted by Crippen LogP contribution is 2.26. The fraction of sp³-hybridized carbons (Fsp3) is 0.500. The van der Waals surface area contributed by atoms with Gasteiger partial charge < -0.3 is 14.5 Å². The van der Waals surface area contributed by atoms with Gasteiger partial charge in [-0.15, -0.1) is 0 Å². The van der Waals surface area contributed by atoms with E-state index < -0.39 is 0 Å². The van der Waals surface area contributed by atoms with Crippen molar-refractivity contribution in [1.82, 2.24) is 34.8 Å². The van der Waals surface area contributed by atoms with Crippen molar-refractivity contribution in [2.45, 2.75) is 13.0 Å². The summed E-state index contributed by atoms with van der Waals surface area (Å²) in [6, 6.07) is 4.24. The lowest BCUT2D eigenvalue weighted by molar-refractivity contribution is 0.0985. The molecule has 2 aliphatic heterocycles. The summed E-state index contributed by atoms with van der Waals surface area (Å²) in [6.07, 6.45) is 3.62. The van der Waals surface area contributed by atoms with Crippen LogP contribution in [0.4, 0.5) is 5.82 Å². The Hall–Kier alpha value is -2.93. The summed E-state index contributed by atoms with van der Waals surface area (Å²) in [5.74, 6) is 8.43. The van der Waals surface area contributed by atoms with Gasteiger partial charge in [-0.2, -0.15) is 14.9 Å². The van der Waals surface area contributed by atoms with E-state index >= 15 is 0 Å². The largest absolute Gasteiger partial charge is 0.377 e. The number of aromatic nitrogens is 5. The van der Waals surface area contributed by atoms with E-state index in [1.165, 1.54) is 0 Å². The predicted octanol–water partition coefficient (Wildman–Crippen LogP) is 0.968. The number of aromatic amines is 1. The summed E-state index contributed by atoms with van der Waals surface area (Å²) < 4.78 is 7.39. The molecule has 0 unspecified atom stereocenters. The molecule has 5 heterocycles. The van der Waals surface area contributed by atoms with Gasteiger partial charge in [-0.25, -0.2) is 4.98 Å². The maximum absolute atomic E-state index is 5.62. The number of H-pyrrole nitrogens is 1. The molecule has 0 aliphatic carbocycles. The number of fused-ring (bicyclic) bond motifs is 1. The van der Waals surface area contributed by atoms with Crippen molar-refractivity contribution in [2.75, 3.05) is 64.4 Å². The van der Waals surface area contributed by atoms with E-state index in [1.807, 2.05) is 12.3 Å². The minimum absolute atomic E-state index is 0.256. The average Bonchev–Trinajstić information content (AvgIpc) is 3.45. The van der Waals surface area contributed by atoms with Crippen LogP contribution >= 0.6 is 0 Å². The molecule has 31 heavy (non-hydrogen) atoms. The Morgan fingerprint density at radius 1 is 1.19 bits per heavy atom. The molecule has 0 aromatic carbocycles. The third-order valence-electron chi connectivity index (χ3n) is 6.01. The van der Waals surface area contributed by atoms with Crippen LogP contribution in [0.15, 0.2) is 24.5 Å². The molecule has 5 rings (SSSR count). The summed E-state index contributed by atoms with van der Waals surface area (Å²) in [5.41, 5.74) is 1.72. The van der Waals surface area contributed by atoms with Gasteiger partial charge in [-0.3, -0.25) is 10.00 Å². The van der Waals surface area contributed by atoms with E-state index in [1.54, 1.807) is 10.9 Å². The smallest absolute Gasteiger partial charge is 0.177 e. The Morgan fingerprint density at radius 2 is 2.06 bits per heavy atom. The number of anilines is 1. The molecule has 1 N–H and O–H groups in total. The van der Waals surface area contributed by atoms with Crippen molar-refractivity contribution in [3.05, 3.63) is 30.1 Å². The molecule has 1 atom stereocenters. The zero-order valence-corrected chi connectivity index (χ0v) is 18.1. The molecule has 3 aromatic heterocycles. The third kappa shape index (κ3) is 4.14. The minimum atomic E-state index is 0.256. The Morgan fingerprint density at radius 3 is 2.84 bits per heavy atom. The van der Waals surface area contributed by atoms with Gasteiger partial charge in [0, 0.05) is 50.6 Å². The van der Waals surface area contributed by atoms with Crippen LogP contribution in [0.3, 0.4) is 0 Å². The maximum Gasteiger partial charge on any atom is 0.177 e. The molecule has 162 valence electrons.